The summed E-state index contributed by atoms with van der Waals surface area (Å²) >= 11 is 0. The van der Waals surface area contributed by atoms with Crippen molar-refractivity contribution in [3.05, 3.63) is 12.7 Å². The average molecular weight is 131 g/mol. The van der Waals surface area contributed by atoms with E-state index in [1.807, 2.05) is 0 Å². The Morgan fingerprint density at radius 3 is 2.56 bits per heavy atom. The van der Waals surface area contributed by atoms with Gasteiger partial charge in [0.2, 0.25) is 0 Å². The van der Waals surface area contributed by atoms with E-state index in [2.05, 4.69) is 6.58 Å². The van der Waals surface area contributed by atoms with Crippen molar-refractivity contribution in [2.45, 2.75) is 18.6 Å². The monoisotopic (exact) mass is 131 g/mol. The summed E-state index contributed by atoms with van der Waals surface area (Å²) in [6.07, 6.45) is 1.21. The van der Waals surface area contributed by atoms with Crippen LogP contribution in [0.5, 0.6) is 0 Å². The molecule has 0 rings (SSSR count). The van der Waals surface area contributed by atoms with Crippen molar-refractivity contribution in [1.29, 1.82) is 0 Å². The van der Waals surface area contributed by atoms with Crippen LogP contribution < -0.4 is 5.73 Å². The highest BCUT2D eigenvalue weighted by Gasteiger charge is 2.04. The maximum atomic E-state index is 8.78. The molecule has 0 radical (unpaired) electrons. The van der Waals surface area contributed by atoms with Crippen LogP contribution in [0.4, 0.5) is 0 Å². The minimum Gasteiger partial charge on any atom is -0.394 e. The summed E-state index contributed by atoms with van der Waals surface area (Å²) in [5.41, 5.74) is 5.36. The molecule has 0 bridgehead atoms. The van der Waals surface area contributed by atoms with Crippen LogP contribution in [0.1, 0.15) is 6.42 Å². The molecule has 3 nitrogen and oxygen atoms in total. The fourth-order valence-electron chi connectivity index (χ4n) is 0.485. The molecule has 0 aromatic carbocycles. The number of hydrogen-bond acceptors (Lipinski definition) is 3. The van der Waals surface area contributed by atoms with Crippen molar-refractivity contribution in [2.24, 2.45) is 5.73 Å². The van der Waals surface area contributed by atoms with Gasteiger partial charge >= 0.3 is 0 Å². The standard InChI is InChI=1S/C6H13NO2/c1-2-5(7)3-6(9)4-8/h2,5-6,8-9H,1,3-4,7H2. The van der Waals surface area contributed by atoms with Crippen LogP contribution in [0.2, 0.25) is 0 Å². The molecule has 3 heteroatoms. The number of rotatable bonds is 4. The fraction of sp³-hybridized carbons (Fsp3) is 0.667. The van der Waals surface area contributed by atoms with Gasteiger partial charge < -0.3 is 15.9 Å². The third kappa shape index (κ3) is 4.14. The molecular formula is C6H13NO2. The van der Waals surface area contributed by atoms with Crippen LogP contribution in [0.3, 0.4) is 0 Å². The van der Waals surface area contributed by atoms with Crippen LogP contribution in [0, 0.1) is 0 Å². The van der Waals surface area contributed by atoms with E-state index in [-0.39, 0.29) is 12.6 Å². The summed E-state index contributed by atoms with van der Waals surface area (Å²) in [6, 6.07) is -0.216. The highest BCUT2D eigenvalue weighted by molar-refractivity contribution is 4.83. The SMILES string of the molecule is C=CC(N)CC(O)CO. The zero-order valence-corrected chi connectivity index (χ0v) is 5.33. The predicted molar refractivity (Wildman–Crippen MR) is 35.9 cm³/mol. The third-order valence-electron chi connectivity index (χ3n) is 1.06. The minimum atomic E-state index is -0.710. The Kier molecular flexibility index (Phi) is 4.30. The van der Waals surface area contributed by atoms with Crippen LogP contribution in [0.15, 0.2) is 12.7 Å². The maximum absolute atomic E-state index is 8.78. The highest BCUT2D eigenvalue weighted by atomic mass is 16.3. The summed E-state index contributed by atoms with van der Waals surface area (Å²) in [5.74, 6) is 0. The second kappa shape index (κ2) is 4.49. The number of aliphatic hydroxyl groups is 2. The normalized spacial score (nSPS) is 16.8. The van der Waals surface area contributed by atoms with E-state index in [1.54, 1.807) is 6.08 Å². The molecule has 0 aromatic rings. The third-order valence-corrected chi connectivity index (χ3v) is 1.06. The second-order valence-electron chi connectivity index (χ2n) is 1.97. The zero-order chi connectivity index (χ0) is 7.28. The molecule has 0 saturated carbocycles. The smallest absolute Gasteiger partial charge is 0.0788 e. The molecule has 54 valence electrons. The van der Waals surface area contributed by atoms with Crippen LogP contribution >= 0.6 is 0 Å². The summed E-state index contributed by atoms with van der Waals surface area (Å²) in [5, 5.41) is 17.1. The van der Waals surface area contributed by atoms with Gasteiger partial charge in [0.1, 0.15) is 0 Å². The number of aliphatic hydroxyl groups excluding tert-OH is 2. The van der Waals surface area contributed by atoms with Gasteiger partial charge in [-0.2, -0.15) is 0 Å². The zero-order valence-electron chi connectivity index (χ0n) is 5.33. The van der Waals surface area contributed by atoms with Gasteiger partial charge in [-0.05, 0) is 6.42 Å². The molecule has 0 aliphatic rings. The van der Waals surface area contributed by atoms with Crippen LogP contribution in [0.25, 0.3) is 0 Å². The van der Waals surface area contributed by atoms with Gasteiger partial charge in [0.05, 0.1) is 12.7 Å². The lowest BCUT2D eigenvalue weighted by Gasteiger charge is -2.09. The first-order valence-electron chi connectivity index (χ1n) is 2.87. The van der Waals surface area contributed by atoms with Gasteiger partial charge in [0, 0.05) is 6.04 Å². The van der Waals surface area contributed by atoms with Crippen molar-refractivity contribution >= 4 is 0 Å². The molecule has 2 unspecified atom stereocenters. The van der Waals surface area contributed by atoms with E-state index in [0.717, 1.165) is 0 Å². The van der Waals surface area contributed by atoms with Crippen molar-refractivity contribution < 1.29 is 10.2 Å². The number of hydrogen-bond donors (Lipinski definition) is 3. The van der Waals surface area contributed by atoms with Gasteiger partial charge in [-0.25, -0.2) is 0 Å². The van der Waals surface area contributed by atoms with Crippen LogP contribution in [-0.2, 0) is 0 Å². The molecular weight excluding hydrogens is 118 g/mol. The average Bonchev–Trinajstić information content (AvgIpc) is 1.87. The molecule has 0 amide bonds. The largest absolute Gasteiger partial charge is 0.394 e. The van der Waals surface area contributed by atoms with Gasteiger partial charge in [-0.3, -0.25) is 0 Å². The molecule has 0 heterocycles. The van der Waals surface area contributed by atoms with E-state index in [4.69, 9.17) is 15.9 Å². The molecule has 0 spiro atoms. The summed E-state index contributed by atoms with van der Waals surface area (Å²) in [7, 11) is 0. The first kappa shape index (κ1) is 8.62. The second-order valence-corrected chi connectivity index (χ2v) is 1.97. The Morgan fingerprint density at radius 2 is 2.22 bits per heavy atom. The van der Waals surface area contributed by atoms with Crippen molar-refractivity contribution in [3.63, 3.8) is 0 Å². The Balaban J connectivity index is 3.33. The summed E-state index contributed by atoms with van der Waals surface area (Å²) < 4.78 is 0. The van der Waals surface area contributed by atoms with Gasteiger partial charge in [0.25, 0.3) is 0 Å². The van der Waals surface area contributed by atoms with Crippen molar-refractivity contribution in [3.8, 4) is 0 Å². The van der Waals surface area contributed by atoms with E-state index in [9.17, 15) is 0 Å². The molecule has 0 fully saturated rings. The number of nitrogens with two attached hydrogens (primary N) is 1. The molecule has 0 aromatic heterocycles. The summed E-state index contributed by atoms with van der Waals surface area (Å²) in [6.45, 7) is 3.20. The Bertz CT molecular complexity index is 85.1. The quantitative estimate of drug-likeness (QED) is 0.439. The molecule has 4 N–H and O–H groups in total. The lowest BCUT2D eigenvalue weighted by Crippen LogP contribution is -2.25. The Labute approximate surface area is 54.8 Å². The van der Waals surface area contributed by atoms with Crippen LogP contribution in [-0.4, -0.2) is 29.0 Å². The van der Waals surface area contributed by atoms with Crippen molar-refractivity contribution in [2.75, 3.05) is 6.61 Å². The fourth-order valence-corrected chi connectivity index (χ4v) is 0.485. The Morgan fingerprint density at radius 1 is 1.67 bits per heavy atom. The van der Waals surface area contributed by atoms with Crippen molar-refractivity contribution in [1.82, 2.24) is 0 Å². The first-order valence-corrected chi connectivity index (χ1v) is 2.87. The lowest BCUT2D eigenvalue weighted by molar-refractivity contribution is 0.0859. The van der Waals surface area contributed by atoms with Gasteiger partial charge in [0.15, 0.2) is 0 Å². The van der Waals surface area contributed by atoms with E-state index < -0.39 is 6.10 Å². The molecule has 0 aliphatic heterocycles. The Hall–Kier alpha value is -0.380. The van der Waals surface area contributed by atoms with E-state index >= 15 is 0 Å². The molecule has 2 atom stereocenters. The molecule has 0 aliphatic carbocycles. The summed E-state index contributed by atoms with van der Waals surface area (Å²) in [4.78, 5) is 0. The van der Waals surface area contributed by atoms with E-state index in [0.29, 0.717) is 6.42 Å². The highest BCUT2D eigenvalue weighted by Crippen LogP contribution is 1.94. The minimum absolute atomic E-state index is 0.216. The van der Waals surface area contributed by atoms with Gasteiger partial charge in [-0.15, -0.1) is 6.58 Å². The molecule has 9 heavy (non-hydrogen) atoms. The first-order chi connectivity index (χ1) is 4.20. The topological polar surface area (TPSA) is 66.5 Å². The maximum Gasteiger partial charge on any atom is 0.0788 e. The predicted octanol–water partition coefficient (Wildman–Crippen LogP) is -0.757. The molecule has 0 saturated heterocycles. The van der Waals surface area contributed by atoms with E-state index in [1.165, 1.54) is 0 Å². The van der Waals surface area contributed by atoms with Gasteiger partial charge in [-0.1, -0.05) is 6.08 Å². The lowest BCUT2D eigenvalue weighted by atomic mass is 10.1.